The maximum atomic E-state index is 4.89. The average molecular weight is 474 g/mol. The van der Waals surface area contributed by atoms with Crippen LogP contribution in [0.4, 0.5) is 0 Å². The van der Waals surface area contributed by atoms with Crippen molar-refractivity contribution in [2.24, 2.45) is 4.99 Å². The van der Waals surface area contributed by atoms with Gasteiger partial charge in [0.15, 0.2) is 5.96 Å². The van der Waals surface area contributed by atoms with Crippen molar-refractivity contribution in [2.45, 2.75) is 58.5 Å². The molecule has 0 bridgehead atoms. The van der Waals surface area contributed by atoms with Gasteiger partial charge in [-0.2, -0.15) is 0 Å². The molecule has 1 atom stereocenters. The van der Waals surface area contributed by atoms with Crippen molar-refractivity contribution in [2.75, 3.05) is 39.3 Å². The molecule has 7 heteroatoms. The molecule has 1 N–H and O–H groups in total. The Balaban J connectivity index is 0.00000243. The molecule has 148 valence electrons. The number of halogens is 1. The van der Waals surface area contributed by atoms with Gasteiger partial charge in [-0.1, -0.05) is 0 Å². The summed E-state index contributed by atoms with van der Waals surface area (Å²) in [5.74, 6) is 2.21. The Morgan fingerprint density at radius 3 is 2.77 bits per heavy atom. The Bertz CT molecular complexity index is 552. The zero-order chi connectivity index (χ0) is 17.5. The van der Waals surface area contributed by atoms with Crippen molar-refractivity contribution in [3.63, 3.8) is 0 Å². The Morgan fingerprint density at radius 1 is 1.27 bits per heavy atom. The lowest BCUT2D eigenvalue weighted by atomic mass is 10.2. The first-order valence-electron chi connectivity index (χ1n) is 10.0. The number of aromatic nitrogens is 2. The number of likely N-dealkylation sites (tertiary alicyclic amines) is 2. The lowest BCUT2D eigenvalue weighted by molar-refractivity contribution is 0.249. The standard InChI is InChI=1S/C19H34N6.HI/c1-3-20-19(22-9-4-5-11-23-15-10-21-17(23)2)25-14-8-18(16-25)24-12-6-7-13-24;/h10,15,18H,3-9,11-14,16H2,1-2H3,(H,20,22);1H. The van der Waals surface area contributed by atoms with E-state index in [4.69, 9.17) is 4.99 Å². The van der Waals surface area contributed by atoms with Gasteiger partial charge in [0, 0.05) is 51.2 Å². The predicted octanol–water partition coefficient (Wildman–Crippen LogP) is 2.73. The summed E-state index contributed by atoms with van der Waals surface area (Å²) in [7, 11) is 0. The van der Waals surface area contributed by atoms with Gasteiger partial charge in [0.05, 0.1) is 0 Å². The highest BCUT2D eigenvalue weighted by molar-refractivity contribution is 14.0. The fourth-order valence-corrected chi connectivity index (χ4v) is 3.98. The maximum absolute atomic E-state index is 4.89. The molecule has 2 aliphatic rings. The monoisotopic (exact) mass is 474 g/mol. The number of aryl methyl sites for hydroxylation is 2. The van der Waals surface area contributed by atoms with E-state index in [0.29, 0.717) is 0 Å². The minimum absolute atomic E-state index is 0. The minimum Gasteiger partial charge on any atom is -0.357 e. The summed E-state index contributed by atoms with van der Waals surface area (Å²) in [6, 6.07) is 0.732. The van der Waals surface area contributed by atoms with Crippen molar-refractivity contribution < 1.29 is 0 Å². The maximum Gasteiger partial charge on any atom is 0.193 e. The molecule has 1 aromatic heterocycles. The highest BCUT2D eigenvalue weighted by Crippen LogP contribution is 2.20. The number of nitrogens with one attached hydrogen (secondary N) is 1. The topological polar surface area (TPSA) is 48.7 Å². The molecule has 0 saturated carbocycles. The minimum atomic E-state index is 0. The zero-order valence-electron chi connectivity index (χ0n) is 16.4. The molecule has 3 heterocycles. The molecule has 2 saturated heterocycles. The quantitative estimate of drug-likeness (QED) is 0.286. The third-order valence-corrected chi connectivity index (χ3v) is 5.45. The number of guanidine groups is 1. The summed E-state index contributed by atoms with van der Waals surface area (Å²) in [6.07, 6.45) is 10.2. The smallest absolute Gasteiger partial charge is 0.193 e. The summed E-state index contributed by atoms with van der Waals surface area (Å²) in [5.41, 5.74) is 0. The van der Waals surface area contributed by atoms with Crippen LogP contribution in [0.25, 0.3) is 0 Å². The van der Waals surface area contributed by atoms with Gasteiger partial charge >= 0.3 is 0 Å². The van der Waals surface area contributed by atoms with E-state index in [-0.39, 0.29) is 24.0 Å². The molecule has 0 spiro atoms. The van der Waals surface area contributed by atoms with E-state index in [9.17, 15) is 0 Å². The number of rotatable bonds is 7. The van der Waals surface area contributed by atoms with Gasteiger partial charge in [-0.3, -0.25) is 9.89 Å². The SMILES string of the molecule is CCNC(=NCCCCn1ccnc1C)N1CCC(N2CCCC2)C1.I. The summed E-state index contributed by atoms with van der Waals surface area (Å²) >= 11 is 0. The number of unbranched alkanes of at least 4 members (excludes halogenated alkanes) is 1. The van der Waals surface area contributed by atoms with Crippen LogP contribution >= 0.6 is 24.0 Å². The molecule has 3 rings (SSSR count). The molecule has 6 nitrogen and oxygen atoms in total. The van der Waals surface area contributed by atoms with E-state index in [1.54, 1.807) is 0 Å². The molecular weight excluding hydrogens is 439 g/mol. The molecule has 1 aromatic rings. The highest BCUT2D eigenvalue weighted by Gasteiger charge is 2.30. The van der Waals surface area contributed by atoms with Crippen LogP contribution in [0.5, 0.6) is 0 Å². The first-order valence-corrected chi connectivity index (χ1v) is 10.0. The van der Waals surface area contributed by atoms with Gasteiger partial charge in [0.25, 0.3) is 0 Å². The molecule has 0 aromatic carbocycles. The van der Waals surface area contributed by atoms with Gasteiger partial charge in [-0.25, -0.2) is 4.98 Å². The third-order valence-electron chi connectivity index (χ3n) is 5.45. The Hall–Kier alpha value is -0.830. The average Bonchev–Trinajstić information content (AvgIpc) is 3.35. The number of nitrogens with zero attached hydrogens (tertiary/aromatic N) is 5. The van der Waals surface area contributed by atoms with Crippen LogP contribution in [-0.4, -0.2) is 70.6 Å². The molecule has 26 heavy (non-hydrogen) atoms. The summed E-state index contributed by atoms with van der Waals surface area (Å²) < 4.78 is 2.22. The Labute approximate surface area is 175 Å². The van der Waals surface area contributed by atoms with Crippen LogP contribution in [0.3, 0.4) is 0 Å². The van der Waals surface area contributed by atoms with Crippen LogP contribution < -0.4 is 5.32 Å². The first kappa shape index (κ1) is 21.5. The molecular formula is C19H35IN6. The van der Waals surface area contributed by atoms with E-state index in [1.165, 1.54) is 32.4 Å². The summed E-state index contributed by atoms with van der Waals surface area (Å²) in [4.78, 5) is 14.3. The van der Waals surface area contributed by atoms with Gasteiger partial charge in [-0.05, 0) is 59.0 Å². The van der Waals surface area contributed by atoms with Crippen molar-refractivity contribution in [3.05, 3.63) is 18.2 Å². The van der Waals surface area contributed by atoms with Crippen LogP contribution in [0, 0.1) is 6.92 Å². The fraction of sp³-hybridized carbons (Fsp3) is 0.789. The molecule has 0 radical (unpaired) electrons. The normalized spacial score (nSPS) is 21.2. The summed E-state index contributed by atoms with van der Waals surface area (Å²) in [6.45, 7) is 12.0. The van der Waals surface area contributed by atoms with Gasteiger partial charge < -0.3 is 14.8 Å². The van der Waals surface area contributed by atoms with Crippen molar-refractivity contribution in [3.8, 4) is 0 Å². The predicted molar refractivity (Wildman–Crippen MR) is 118 cm³/mol. The van der Waals surface area contributed by atoms with Crippen LogP contribution in [0.2, 0.25) is 0 Å². The van der Waals surface area contributed by atoms with Gasteiger partial charge in [-0.15, -0.1) is 24.0 Å². The van der Waals surface area contributed by atoms with Crippen molar-refractivity contribution >= 4 is 29.9 Å². The Kier molecular flexibility index (Phi) is 9.18. The lowest BCUT2D eigenvalue weighted by Crippen LogP contribution is -2.42. The van der Waals surface area contributed by atoms with E-state index in [2.05, 4.69) is 44.7 Å². The summed E-state index contributed by atoms with van der Waals surface area (Å²) in [5, 5.41) is 3.49. The number of hydrogen-bond donors (Lipinski definition) is 1. The molecule has 0 aliphatic carbocycles. The number of hydrogen-bond acceptors (Lipinski definition) is 3. The van der Waals surface area contributed by atoms with Crippen molar-refractivity contribution in [1.82, 2.24) is 24.7 Å². The molecule has 2 fully saturated rings. The van der Waals surface area contributed by atoms with Gasteiger partial charge in [0.1, 0.15) is 5.82 Å². The number of aliphatic imine (C=N–C) groups is 1. The fourth-order valence-electron chi connectivity index (χ4n) is 3.98. The zero-order valence-corrected chi connectivity index (χ0v) is 18.7. The highest BCUT2D eigenvalue weighted by atomic mass is 127. The van der Waals surface area contributed by atoms with E-state index >= 15 is 0 Å². The van der Waals surface area contributed by atoms with E-state index < -0.39 is 0 Å². The molecule has 1 unspecified atom stereocenters. The largest absolute Gasteiger partial charge is 0.357 e. The van der Waals surface area contributed by atoms with Crippen molar-refractivity contribution in [1.29, 1.82) is 0 Å². The molecule has 0 amide bonds. The lowest BCUT2D eigenvalue weighted by Gasteiger charge is -2.25. The van der Waals surface area contributed by atoms with Crippen LogP contribution in [0.1, 0.15) is 44.9 Å². The van der Waals surface area contributed by atoms with Crippen LogP contribution in [0.15, 0.2) is 17.4 Å². The third kappa shape index (κ3) is 5.84. The second-order valence-electron chi connectivity index (χ2n) is 7.24. The van der Waals surface area contributed by atoms with E-state index in [1.807, 2.05) is 6.20 Å². The number of imidazole rings is 1. The molecule has 2 aliphatic heterocycles. The van der Waals surface area contributed by atoms with Crippen LogP contribution in [-0.2, 0) is 6.54 Å². The second-order valence-corrected chi connectivity index (χ2v) is 7.24. The Morgan fingerprint density at radius 2 is 2.08 bits per heavy atom. The first-order chi connectivity index (χ1) is 12.3. The van der Waals surface area contributed by atoms with Gasteiger partial charge in [0.2, 0.25) is 0 Å². The van der Waals surface area contributed by atoms with E-state index in [0.717, 1.165) is 63.4 Å². The second kappa shape index (κ2) is 11.1.